The highest BCUT2D eigenvalue weighted by atomic mass is 35.5. The zero-order valence-corrected chi connectivity index (χ0v) is 10.4. The molecule has 0 bridgehead atoms. The van der Waals surface area contributed by atoms with Gasteiger partial charge in [0.05, 0.1) is 17.6 Å². The maximum atomic E-state index is 6.11. The third-order valence-corrected chi connectivity index (χ3v) is 3.74. The van der Waals surface area contributed by atoms with Crippen LogP contribution in [0.5, 0.6) is 0 Å². The van der Waals surface area contributed by atoms with E-state index in [-0.39, 0.29) is 5.54 Å². The molecule has 2 N–H and O–H groups in total. The second kappa shape index (κ2) is 3.59. The van der Waals surface area contributed by atoms with Crippen molar-refractivity contribution < 1.29 is 0 Å². The number of benzene rings is 1. The summed E-state index contributed by atoms with van der Waals surface area (Å²) in [6.07, 6.45) is 5.84. The van der Waals surface area contributed by atoms with E-state index in [9.17, 15) is 0 Å². The minimum absolute atomic E-state index is 0.181. The minimum Gasteiger partial charge on any atom is -0.320 e. The molecule has 1 fully saturated rings. The summed E-state index contributed by atoms with van der Waals surface area (Å²) in [5.41, 5.74) is 8.99. The molecule has 1 aromatic carbocycles. The number of rotatable bonds is 2. The molecule has 17 heavy (non-hydrogen) atoms. The van der Waals surface area contributed by atoms with Crippen molar-refractivity contribution >= 4 is 11.6 Å². The summed E-state index contributed by atoms with van der Waals surface area (Å²) >= 11 is 6.11. The van der Waals surface area contributed by atoms with Gasteiger partial charge in [0.1, 0.15) is 0 Å². The number of nitrogens with two attached hydrogens (primary N) is 1. The molecule has 0 radical (unpaired) electrons. The summed E-state index contributed by atoms with van der Waals surface area (Å²) < 4.78 is 1.97. The smallest absolute Gasteiger partial charge is 0.0996 e. The average Bonchev–Trinajstić information content (AvgIpc) is 2.88. The standard InChI is InChI=1S/C13H14ClN3/c1-9-2-3-10(6-11(9)14)17-7-12(16-8-17)13(15)4-5-13/h2-3,6-8H,4-5,15H2,1H3. The first-order chi connectivity index (χ1) is 8.08. The molecule has 3 rings (SSSR count). The van der Waals surface area contributed by atoms with E-state index in [1.807, 2.05) is 35.9 Å². The van der Waals surface area contributed by atoms with E-state index in [1.165, 1.54) is 0 Å². The lowest BCUT2D eigenvalue weighted by Crippen LogP contribution is -2.18. The third-order valence-electron chi connectivity index (χ3n) is 3.33. The van der Waals surface area contributed by atoms with Gasteiger partial charge in [-0.05, 0) is 37.5 Å². The zero-order chi connectivity index (χ0) is 12.0. The quantitative estimate of drug-likeness (QED) is 0.887. The lowest BCUT2D eigenvalue weighted by atomic mass is 10.2. The normalized spacial score (nSPS) is 17.1. The van der Waals surface area contributed by atoms with Crippen molar-refractivity contribution in [2.75, 3.05) is 0 Å². The summed E-state index contributed by atoms with van der Waals surface area (Å²) in [5, 5.41) is 0.770. The van der Waals surface area contributed by atoms with Gasteiger partial charge in [-0.1, -0.05) is 17.7 Å². The van der Waals surface area contributed by atoms with Crippen molar-refractivity contribution in [3.05, 3.63) is 47.0 Å². The number of halogens is 1. The monoisotopic (exact) mass is 247 g/mol. The van der Waals surface area contributed by atoms with Crippen LogP contribution in [0.2, 0.25) is 5.02 Å². The molecule has 1 aliphatic carbocycles. The number of imidazole rings is 1. The van der Waals surface area contributed by atoms with Gasteiger partial charge in [-0.25, -0.2) is 4.98 Å². The summed E-state index contributed by atoms with van der Waals surface area (Å²) in [4.78, 5) is 4.37. The van der Waals surface area contributed by atoms with E-state index < -0.39 is 0 Å². The number of aromatic nitrogens is 2. The Labute approximate surface area is 105 Å². The molecule has 1 aromatic heterocycles. The fourth-order valence-electron chi connectivity index (χ4n) is 1.85. The molecule has 0 aliphatic heterocycles. The molecule has 1 heterocycles. The molecular formula is C13H14ClN3. The molecule has 2 aromatic rings. The van der Waals surface area contributed by atoms with Crippen molar-refractivity contribution in [2.24, 2.45) is 5.73 Å². The van der Waals surface area contributed by atoms with Crippen LogP contribution >= 0.6 is 11.6 Å². The first-order valence-corrected chi connectivity index (χ1v) is 6.06. The van der Waals surface area contributed by atoms with E-state index >= 15 is 0 Å². The van der Waals surface area contributed by atoms with E-state index in [0.29, 0.717) is 0 Å². The lowest BCUT2D eigenvalue weighted by Gasteiger charge is -2.05. The molecule has 1 saturated carbocycles. The van der Waals surface area contributed by atoms with Gasteiger partial charge >= 0.3 is 0 Å². The Morgan fingerprint density at radius 1 is 1.41 bits per heavy atom. The van der Waals surface area contributed by atoms with E-state index in [2.05, 4.69) is 4.98 Å². The van der Waals surface area contributed by atoms with E-state index in [0.717, 1.165) is 34.8 Å². The van der Waals surface area contributed by atoms with Gasteiger partial charge < -0.3 is 10.3 Å². The van der Waals surface area contributed by atoms with Crippen LogP contribution in [0.1, 0.15) is 24.1 Å². The molecule has 88 valence electrons. The molecule has 4 heteroatoms. The summed E-state index contributed by atoms with van der Waals surface area (Å²) in [6.45, 7) is 1.99. The Morgan fingerprint density at radius 2 is 2.18 bits per heavy atom. The lowest BCUT2D eigenvalue weighted by molar-refractivity contribution is 0.713. The predicted molar refractivity (Wildman–Crippen MR) is 68.4 cm³/mol. The van der Waals surface area contributed by atoms with Crippen molar-refractivity contribution in [2.45, 2.75) is 25.3 Å². The summed E-state index contributed by atoms with van der Waals surface area (Å²) in [6, 6.07) is 5.98. The predicted octanol–water partition coefficient (Wildman–Crippen LogP) is 2.78. The van der Waals surface area contributed by atoms with Gasteiger partial charge in [0.15, 0.2) is 0 Å². The first-order valence-electron chi connectivity index (χ1n) is 5.68. The van der Waals surface area contributed by atoms with E-state index in [4.69, 9.17) is 17.3 Å². The van der Waals surface area contributed by atoms with E-state index in [1.54, 1.807) is 6.33 Å². The molecule has 3 nitrogen and oxygen atoms in total. The maximum Gasteiger partial charge on any atom is 0.0996 e. The minimum atomic E-state index is -0.181. The highest BCUT2D eigenvalue weighted by Gasteiger charge is 2.42. The van der Waals surface area contributed by atoms with Crippen LogP contribution in [0.3, 0.4) is 0 Å². The molecule has 0 atom stereocenters. The van der Waals surface area contributed by atoms with Gasteiger partial charge in [-0.3, -0.25) is 0 Å². The SMILES string of the molecule is Cc1ccc(-n2cnc(C3(N)CC3)c2)cc1Cl. The largest absolute Gasteiger partial charge is 0.320 e. The molecule has 0 unspecified atom stereocenters. The fraction of sp³-hybridized carbons (Fsp3) is 0.308. The molecule has 0 saturated heterocycles. The van der Waals surface area contributed by atoms with Crippen LogP contribution in [0.25, 0.3) is 5.69 Å². The van der Waals surface area contributed by atoms with Crippen molar-refractivity contribution in [1.82, 2.24) is 9.55 Å². The number of nitrogens with zero attached hydrogens (tertiary/aromatic N) is 2. The molecule has 1 aliphatic rings. The van der Waals surface area contributed by atoms with Crippen LogP contribution in [0.4, 0.5) is 0 Å². The van der Waals surface area contributed by atoms with Crippen molar-refractivity contribution in [3.8, 4) is 5.69 Å². The Bertz CT molecular complexity index is 570. The van der Waals surface area contributed by atoms with Crippen LogP contribution in [-0.2, 0) is 5.54 Å². The Morgan fingerprint density at radius 3 is 2.82 bits per heavy atom. The Balaban J connectivity index is 1.98. The van der Waals surface area contributed by atoms with Gasteiger partial charge in [0.25, 0.3) is 0 Å². The van der Waals surface area contributed by atoms with Gasteiger partial charge in [-0.15, -0.1) is 0 Å². The highest BCUT2D eigenvalue weighted by molar-refractivity contribution is 6.31. The van der Waals surface area contributed by atoms with Crippen molar-refractivity contribution in [3.63, 3.8) is 0 Å². The van der Waals surface area contributed by atoms with Crippen LogP contribution < -0.4 is 5.73 Å². The van der Waals surface area contributed by atoms with Crippen LogP contribution in [-0.4, -0.2) is 9.55 Å². The van der Waals surface area contributed by atoms with Gasteiger partial charge in [0.2, 0.25) is 0 Å². The maximum absolute atomic E-state index is 6.11. The second-order valence-corrected chi connectivity index (χ2v) is 5.16. The first kappa shape index (κ1) is 10.8. The molecular weight excluding hydrogens is 234 g/mol. The number of hydrogen-bond donors (Lipinski definition) is 1. The van der Waals surface area contributed by atoms with Gasteiger partial charge in [0, 0.05) is 16.9 Å². The topological polar surface area (TPSA) is 43.8 Å². The van der Waals surface area contributed by atoms with Gasteiger partial charge in [-0.2, -0.15) is 0 Å². The fourth-order valence-corrected chi connectivity index (χ4v) is 2.03. The second-order valence-electron chi connectivity index (χ2n) is 4.76. The highest BCUT2D eigenvalue weighted by Crippen LogP contribution is 2.41. The van der Waals surface area contributed by atoms with Crippen LogP contribution in [0.15, 0.2) is 30.7 Å². The molecule has 0 spiro atoms. The zero-order valence-electron chi connectivity index (χ0n) is 9.65. The summed E-state index contributed by atoms with van der Waals surface area (Å²) in [5.74, 6) is 0. The molecule has 0 amide bonds. The number of aryl methyl sites for hydroxylation is 1. The van der Waals surface area contributed by atoms with Crippen LogP contribution in [0, 0.1) is 6.92 Å². The Hall–Kier alpha value is -1.32. The van der Waals surface area contributed by atoms with Crippen molar-refractivity contribution in [1.29, 1.82) is 0 Å². The summed E-state index contributed by atoms with van der Waals surface area (Å²) in [7, 11) is 0. The third kappa shape index (κ3) is 1.85. The Kier molecular flexibility index (Phi) is 2.28. The number of hydrogen-bond acceptors (Lipinski definition) is 2. The average molecular weight is 248 g/mol.